The lowest BCUT2D eigenvalue weighted by Gasteiger charge is -2.40. The Balaban J connectivity index is 2.11. The zero-order chi connectivity index (χ0) is 12.3. The summed E-state index contributed by atoms with van der Waals surface area (Å²) < 4.78 is 24.9. The first kappa shape index (κ1) is 12.3. The van der Waals surface area contributed by atoms with Crippen LogP contribution in [0.3, 0.4) is 0 Å². The molecule has 0 bridgehead atoms. The molecule has 94 valence electrons. The highest BCUT2D eigenvalue weighted by atomic mass is 19.1. The van der Waals surface area contributed by atoms with Crippen LogP contribution in [0.25, 0.3) is 0 Å². The molecule has 4 heteroatoms. The van der Waals surface area contributed by atoms with E-state index < -0.39 is 5.67 Å². The molecule has 0 radical (unpaired) electrons. The van der Waals surface area contributed by atoms with E-state index in [1.54, 1.807) is 19.2 Å². The Kier molecular flexibility index (Phi) is 3.64. The summed E-state index contributed by atoms with van der Waals surface area (Å²) in [6.45, 7) is 0.919. The molecule has 0 aliphatic heterocycles. The van der Waals surface area contributed by atoms with Gasteiger partial charge in [0.1, 0.15) is 18.0 Å². The topological polar surface area (TPSA) is 44.5 Å². The van der Waals surface area contributed by atoms with Gasteiger partial charge in [0.15, 0.2) is 0 Å². The molecule has 0 spiro atoms. The lowest BCUT2D eigenvalue weighted by molar-refractivity contribution is 0.0364. The van der Waals surface area contributed by atoms with Crippen molar-refractivity contribution in [3.63, 3.8) is 0 Å². The summed E-state index contributed by atoms with van der Waals surface area (Å²) in [5.41, 5.74) is 4.96. The molecule has 2 N–H and O–H groups in total. The minimum Gasteiger partial charge on any atom is -0.491 e. The van der Waals surface area contributed by atoms with Gasteiger partial charge in [0, 0.05) is 31.6 Å². The predicted octanol–water partition coefficient (Wildman–Crippen LogP) is 2.00. The molecular formula is C13H18FNO2. The number of rotatable bonds is 5. The molecule has 1 aliphatic rings. The maximum absolute atomic E-state index is 14.5. The Morgan fingerprint density at radius 1 is 1.35 bits per heavy atom. The average Bonchev–Trinajstić information content (AvgIpc) is 2.28. The van der Waals surface area contributed by atoms with Crippen molar-refractivity contribution in [3.05, 3.63) is 29.8 Å². The fourth-order valence-electron chi connectivity index (χ4n) is 2.19. The van der Waals surface area contributed by atoms with Gasteiger partial charge in [0.05, 0.1) is 6.61 Å². The van der Waals surface area contributed by atoms with Crippen LogP contribution in [0.5, 0.6) is 5.75 Å². The van der Waals surface area contributed by atoms with E-state index >= 15 is 0 Å². The second-order valence-electron chi connectivity index (χ2n) is 4.47. The summed E-state index contributed by atoms with van der Waals surface area (Å²) in [6.07, 6.45) is 0.745. The molecule has 1 aromatic rings. The molecular weight excluding hydrogens is 221 g/mol. The monoisotopic (exact) mass is 239 g/mol. The van der Waals surface area contributed by atoms with E-state index in [0.717, 1.165) is 0 Å². The van der Waals surface area contributed by atoms with Crippen molar-refractivity contribution in [3.8, 4) is 5.75 Å². The van der Waals surface area contributed by atoms with Crippen LogP contribution in [-0.2, 0) is 10.4 Å². The number of para-hydroxylation sites is 1. The van der Waals surface area contributed by atoms with E-state index in [0.29, 0.717) is 37.4 Å². The molecule has 0 heterocycles. The van der Waals surface area contributed by atoms with Gasteiger partial charge in [-0.1, -0.05) is 18.2 Å². The maximum Gasteiger partial charge on any atom is 0.142 e. The van der Waals surface area contributed by atoms with Crippen molar-refractivity contribution in [2.45, 2.75) is 24.6 Å². The van der Waals surface area contributed by atoms with E-state index in [9.17, 15) is 4.39 Å². The Morgan fingerprint density at radius 3 is 2.71 bits per heavy atom. The molecule has 0 atom stereocenters. The second kappa shape index (κ2) is 5.02. The first-order valence-corrected chi connectivity index (χ1v) is 5.81. The number of hydrogen-bond donors (Lipinski definition) is 1. The Bertz CT molecular complexity index is 377. The summed E-state index contributed by atoms with van der Waals surface area (Å²) >= 11 is 0. The van der Waals surface area contributed by atoms with E-state index in [1.165, 1.54) is 0 Å². The largest absolute Gasteiger partial charge is 0.491 e. The van der Waals surface area contributed by atoms with E-state index in [-0.39, 0.29) is 6.04 Å². The van der Waals surface area contributed by atoms with Crippen LogP contribution in [0.2, 0.25) is 0 Å². The summed E-state index contributed by atoms with van der Waals surface area (Å²) in [5, 5.41) is 0. The van der Waals surface area contributed by atoms with Crippen molar-refractivity contribution in [1.29, 1.82) is 0 Å². The van der Waals surface area contributed by atoms with Crippen LogP contribution >= 0.6 is 0 Å². The lowest BCUT2D eigenvalue weighted by Crippen LogP contribution is -2.46. The molecule has 0 aromatic heterocycles. The van der Waals surface area contributed by atoms with Crippen molar-refractivity contribution in [1.82, 2.24) is 0 Å². The summed E-state index contributed by atoms with van der Waals surface area (Å²) in [5.74, 6) is 0.596. The van der Waals surface area contributed by atoms with Gasteiger partial charge in [-0.15, -0.1) is 0 Å². The smallest absolute Gasteiger partial charge is 0.142 e. The maximum atomic E-state index is 14.5. The minimum atomic E-state index is -1.32. The highest BCUT2D eigenvalue weighted by molar-refractivity contribution is 5.40. The molecule has 0 saturated heterocycles. The molecule has 0 amide bonds. The van der Waals surface area contributed by atoms with Gasteiger partial charge >= 0.3 is 0 Å². The fraction of sp³-hybridized carbons (Fsp3) is 0.538. The highest BCUT2D eigenvalue weighted by Crippen LogP contribution is 2.47. The molecule has 2 rings (SSSR count). The van der Waals surface area contributed by atoms with Gasteiger partial charge < -0.3 is 15.2 Å². The predicted molar refractivity (Wildman–Crippen MR) is 63.8 cm³/mol. The first-order valence-electron chi connectivity index (χ1n) is 5.81. The molecule has 1 saturated carbocycles. The number of halogens is 1. The first-order chi connectivity index (χ1) is 8.15. The number of nitrogens with two attached hydrogens (primary N) is 1. The second-order valence-corrected chi connectivity index (χ2v) is 4.47. The van der Waals surface area contributed by atoms with Gasteiger partial charge in [-0.25, -0.2) is 4.39 Å². The van der Waals surface area contributed by atoms with Gasteiger partial charge in [-0.05, 0) is 6.07 Å². The normalized spacial score (nSPS) is 27.6. The third-order valence-electron chi connectivity index (χ3n) is 3.09. The average molecular weight is 239 g/mol. The zero-order valence-corrected chi connectivity index (χ0v) is 9.99. The van der Waals surface area contributed by atoms with Crippen molar-refractivity contribution < 1.29 is 13.9 Å². The zero-order valence-electron chi connectivity index (χ0n) is 9.99. The number of benzene rings is 1. The highest BCUT2D eigenvalue weighted by Gasteiger charge is 2.46. The summed E-state index contributed by atoms with van der Waals surface area (Å²) in [4.78, 5) is 0. The van der Waals surface area contributed by atoms with E-state index in [4.69, 9.17) is 15.2 Å². The van der Waals surface area contributed by atoms with Crippen LogP contribution in [0.15, 0.2) is 24.3 Å². The Morgan fingerprint density at radius 2 is 2.06 bits per heavy atom. The standard InChI is InChI=1S/C13H18FNO2/c1-16-6-7-17-12-5-3-2-4-11(12)13(14)8-10(15)9-13/h2-5,10H,6-9,15H2,1H3. The number of ether oxygens (including phenoxy) is 2. The number of alkyl halides is 1. The van der Waals surface area contributed by atoms with E-state index in [2.05, 4.69) is 0 Å². The summed E-state index contributed by atoms with van der Waals surface area (Å²) in [6, 6.07) is 7.19. The number of methoxy groups -OCH3 is 1. The molecule has 1 aromatic carbocycles. The third-order valence-corrected chi connectivity index (χ3v) is 3.09. The lowest BCUT2D eigenvalue weighted by atomic mass is 9.73. The van der Waals surface area contributed by atoms with Crippen LogP contribution in [0.1, 0.15) is 18.4 Å². The van der Waals surface area contributed by atoms with Crippen LogP contribution in [0, 0.1) is 0 Å². The number of hydrogen-bond acceptors (Lipinski definition) is 3. The third kappa shape index (κ3) is 2.58. The van der Waals surface area contributed by atoms with Crippen molar-refractivity contribution in [2.75, 3.05) is 20.3 Å². The van der Waals surface area contributed by atoms with Gasteiger partial charge in [0.2, 0.25) is 0 Å². The van der Waals surface area contributed by atoms with Crippen molar-refractivity contribution in [2.24, 2.45) is 5.73 Å². The molecule has 1 fully saturated rings. The molecule has 0 unspecified atom stereocenters. The van der Waals surface area contributed by atoms with Gasteiger partial charge in [-0.3, -0.25) is 0 Å². The molecule has 1 aliphatic carbocycles. The quantitative estimate of drug-likeness (QED) is 0.799. The van der Waals surface area contributed by atoms with Crippen molar-refractivity contribution >= 4 is 0 Å². The van der Waals surface area contributed by atoms with Crippen LogP contribution in [-0.4, -0.2) is 26.4 Å². The Hall–Kier alpha value is -1.13. The van der Waals surface area contributed by atoms with E-state index in [1.807, 2.05) is 12.1 Å². The molecule has 17 heavy (non-hydrogen) atoms. The van der Waals surface area contributed by atoms with Crippen LogP contribution < -0.4 is 10.5 Å². The summed E-state index contributed by atoms with van der Waals surface area (Å²) in [7, 11) is 1.61. The molecule has 3 nitrogen and oxygen atoms in total. The SMILES string of the molecule is COCCOc1ccccc1C1(F)CC(N)C1. The fourth-order valence-corrected chi connectivity index (χ4v) is 2.19. The van der Waals surface area contributed by atoms with Gasteiger partial charge in [-0.2, -0.15) is 0 Å². The minimum absolute atomic E-state index is 0.0352. The van der Waals surface area contributed by atoms with Crippen LogP contribution in [0.4, 0.5) is 4.39 Å². The van der Waals surface area contributed by atoms with Gasteiger partial charge in [0.25, 0.3) is 0 Å². The Labute approximate surface area is 101 Å².